The van der Waals surface area contributed by atoms with Crippen molar-refractivity contribution in [1.82, 2.24) is 14.8 Å². The van der Waals surface area contributed by atoms with Crippen molar-refractivity contribution in [2.45, 2.75) is 6.92 Å². The predicted octanol–water partition coefficient (Wildman–Crippen LogP) is 5.26. The van der Waals surface area contributed by atoms with Gasteiger partial charge in [0.1, 0.15) is 16.4 Å². The highest BCUT2D eigenvalue weighted by atomic mass is 35.5. The van der Waals surface area contributed by atoms with Crippen LogP contribution in [0.25, 0.3) is 28.7 Å². The first-order valence-corrected chi connectivity index (χ1v) is 8.58. The average Bonchev–Trinajstić information content (AvgIpc) is 2.95. The number of aromatic nitrogens is 3. The minimum atomic E-state index is 0.170. The van der Waals surface area contributed by atoms with E-state index in [4.69, 9.17) is 11.6 Å². The Kier molecular flexibility index (Phi) is 4.19. The number of benzene rings is 2. The van der Waals surface area contributed by atoms with Gasteiger partial charge in [0.15, 0.2) is 0 Å². The van der Waals surface area contributed by atoms with Gasteiger partial charge in [-0.1, -0.05) is 48.0 Å². The van der Waals surface area contributed by atoms with Crippen molar-refractivity contribution >= 4 is 34.7 Å². The summed E-state index contributed by atoms with van der Waals surface area (Å²) in [5, 5.41) is 16.0. The van der Waals surface area contributed by atoms with Crippen LogP contribution >= 0.6 is 11.6 Å². The molecule has 0 fully saturated rings. The summed E-state index contributed by atoms with van der Waals surface area (Å²) in [6.07, 6.45) is 3.77. The zero-order valence-corrected chi connectivity index (χ0v) is 14.9. The molecule has 0 aliphatic carbocycles. The second kappa shape index (κ2) is 6.65. The topological polar surface area (TPSA) is 50.9 Å². The van der Waals surface area contributed by atoms with Crippen molar-refractivity contribution in [2.24, 2.45) is 0 Å². The van der Waals surface area contributed by atoms with E-state index in [1.807, 2.05) is 67.6 Å². The van der Waals surface area contributed by atoms with Crippen molar-refractivity contribution in [3.8, 4) is 11.4 Å². The van der Waals surface area contributed by atoms with Crippen molar-refractivity contribution in [3.63, 3.8) is 0 Å². The normalized spacial score (nSPS) is 11.5. The molecule has 1 N–H and O–H groups in total. The number of pyridine rings is 1. The molecule has 0 spiro atoms. The van der Waals surface area contributed by atoms with E-state index in [0.29, 0.717) is 10.7 Å². The number of hydrogen-bond donors (Lipinski definition) is 1. The Hall–Kier alpha value is -3.11. The highest BCUT2D eigenvalue weighted by Crippen LogP contribution is 2.26. The molecular weight excluding hydrogens is 346 g/mol. The SMILES string of the molecule is Cc1nn(-c2ccccc2)c(Cl)c1C=Cc1ccc2cccc(O)c2n1. The van der Waals surface area contributed by atoms with E-state index in [1.165, 1.54) is 0 Å². The van der Waals surface area contributed by atoms with Gasteiger partial charge < -0.3 is 5.11 Å². The molecule has 2 heterocycles. The second-order valence-corrected chi connectivity index (χ2v) is 6.31. The Labute approximate surface area is 156 Å². The van der Waals surface area contributed by atoms with E-state index in [1.54, 1.807) is 16.8 Å². The lowest BCUT2D eigenvalue weighted by atomic mass is 10.1. The Bertz CT molecular complexity index is 1120. The van der Waals surface area contributed by atoms with Crippen molar-refractivity contribution in [3.05, 3.63) is 82.8 Å². The highest BCUT2D eigenvalue weighted by molar-refractivity contribution is 6.31. The summed E-state index contributed by atoms with van der Waals surface area (Å²) in [6.45, 7) is 1.92. The molecule has 26 heavy (non-hydrogen) atoms. The number of hydrogen-bond acceptors (Lipinski definition) is 3. The van der Waals surface area contributed by atoms with Crippen molar-refractivity contribution in [1.29, 1.82) is 0 Å². The first-order chi connectivity index (χ1) is 12.6. The van der Waals surface area contributed by atoms with Crippen molar-refractivity contribution in [2.75, 3.05) is 0 Å². The van der Waals surface area contributed by atoms with E-state index in [0.717, 1.165) is 28.0 Å². The van der Waals surface area contributed by atoms with Crippen LogP contribution < -0.4 is 0 Å². The molecule has 0 saturated carbocycles. The molecular formula is C21H16ClN3O. The minimum absolute atomic E-state index is 0.170. The van der Waals surface area contributed by atoms with E-state index >= 15 is 0 Å². The summed E-state index contributed by atoms with van der Waals surface area (Å²) >= 11 is 6.54. The molecule has 0 radical (unpaired) electrons. The quantitative estimate of drug-likeness (QED) is 0.541. The minimum Gasteiger partial charge on any atom is -0.506 e. The van der Waals surface area contributed by atoms with Crippen LogP contribution in [0.15, 0.2) is 60.7 Å². The van der Waals surface area contributed by atoms with Gasteiger partial charge in [-0.2, -0.15) is 5.10 Å². The van der Waals surface area contributed by atoms with Crippen LogP contribution in [-0.4, -0.2) is 19.9 Å². The van der Waals surface area contributed by atoms with Gasteiger partial charge in [0.25, 0.3) is 0 Å². The van der Waals surface area contributed by atoms with E-state index in [-0.39, 0.29) is 5.75 Å². The van der Waals surface area contributed by atoms with Gasteiger partial charge in [-0.3, -0.25) is 0 Å². The molecule has 0 unspecified atom stereocenters. The van der Waals surface area contributed by atoms with E-state index in [2.05, 4.69) is 10.1 Å². The zero-order valence-electron chi connectivity index (χ0n) is 14.1. The average molecular weight is 362 g/mol. The maximum Gasteiger partial charge on any atom is 0.141 e. The zero-order chi connectivity index (χ0) is 18.1. The lowest BCUT2D eigenvalue weighted by Crippen LogP contribution is -1.95. The molecule has 2 aromatic carbocycles. The van der Waals surface area contributed by atoms with Gasteiger partial charge >= 0.3 is 0 Å². The Balaban J connectivity index is 1.71. The van der Waals surface area contributed by atoms with E-state index < -0.39 is 0 Å². The van der Waals surface area contributed by atoms with Crippen LogP contribution in [0.5, 0.6) is 5.75 Å². The molecule has 4 nitrogen and oxygen atoms in total. The standard InChI is InChI=1S/C21H16ClN3O/c1-14-18(21(22)25(24-14)17-7-3-2-4-8-17)13-12-16-11-10-15-6-5-9-19(26)20(15)23-16/h2-13,26H,1H3. The molecule has 0 amide bonds. The summed E-state index contributed by atoms with van der Waals surface area (Å²) in [7, 11) is 0. The molecule has 4 rings (SSSR count). The maximum atomic E-state index is 9.98. The number of rotatable bonds is 3. The summed E-state index contributed by atoms with van der Waals surface area (Å²) in [6, 6.07) is 19.0. The maximum absolute atomic E-state index is 9.98. The third-order valence-electron chi connectivity index (χ3n) is 4.19. The summed E-state index contributed by atoms with van der Waals surface area (Å²) in [4.78, 5) is 4.51. The number of phenolic OH excluding ortho intramolecular Hbond substituents is 1. The van der Waals surface area contributed by atoms with Crippen molar-refractivity contribution < 1.29 is 5.11 Å². The lowest BCUT2D eigenvalue weighted by Gasteiger charge is -2.02. The molecule has 0 saturated heterocycles. The van der Waals surface area contributed by atoms with Gasteiger partial charge in [0, 0.05) is 10.9 Å². The third-order valence-corrected chi connectivity index (χ3v) is 4.55. The summed E-state index contributed by atoms with van der Waals surface area (Å²) in [5.74, 6) is 0.170. The fraction of sp³-hybridized carbons (Fsp3) is 0.0476. The predicted molar refractivity (Wildman–Crippen MR) is 106 cm³/mol. The number of phenols is 1. The van der Waals surface area contributed by atoms with E-state index in [9.17, 15) is 5.11 Å². The summed E-state index contributed by atoms with van der Waals surface area (Å²) < 4.78 is 1.72. The first-order valence-electron chi connectivity index (χ1n) is 8.21. The van der Waals surface area contributed by atoms with Gasteiger partial charge in [-0.15, -0.1) is 0 Å². The van der Waals surface area contributed by atoms with Crippen LogP contribution in [-0.2, 0) is 0 Å². The Morgan fingerprint density at radius 2 is 1.77 bits per heavy atom. The van der Waals surface area contributed by atoms with Gasteiger partial charge in [-0.25, -0.2) is 9.67 Å². The Morgan fingerprint density at radius 3 is 2.58 bits per heavy atom. The molecule has 0 bridgehead atoms. The number of halogens is 1. The molecule has 5 heteroatoms. The molecule has 2 aromatic heterocycles. The second-order valence-electron chi connectivity index (χ2n) is 5.96. The molecule has 4 aromatic rings. The number of aromatic hydroxyl groups is 1. The van der Waals surface area contributed by atoms with Crippen LogP contribution in [0, 0.1) is 6.92 Å². The van der Waals surface area contributed by atoms with Gasteiger partial charge in [-0.05, 0) is 43.3 Å². The number of para-hydroxylation sites is 2. The largest absolute Gasteiger partial charge is 0.506 e. The number of nitrogens with zero attached hydrogens (tertiary/aromatic N) is 3. The third kappa shape index (κ3) is 2.95. The first kappa shape index (κ1) is 16.4. The van der Waals surface area contributed by atoms with Crippen LogP contribution in [0.4, 0.5) is 0 Å². The van der Waals surface area contributed by atoms with Crippen LogP contribution in [0.3, 0.4) is 0 Å². The lowest BCUT2D eigenvalue weighted by molar-refractivity contribution is 0.480. The van der Waals surface area contributed by atoms with Gasteiger partial charge in [0.05, 0.1) is 17.1 Å². The molecule has 0 aliphatic rings. The smallest absolute Gasteiger partial charge is 0.141 e. The fourth-order valence-corrected chi connectivity index (χ4v) is 3.18. The number of fused-ring (bicyclic) bond motifs is 1. The van der Waals surface area contributed by atoms with Gasteiger partial charge in [0.2, 0.25) is 0 Å². The fourth-order valence-electron chi connectivity index (χ4n) is 2.85. The van der Waals surface area contributed by atoms with Crippen LogP contribution in [0.2, 0.25) is 5.15 Å². The number of aryl methyl sites for hydroxylation is 1. The molecule has 0 aliphatic heterocycles. The van der Waals surface area contributed by atoms with Crippen LogP contribution in [0.1, 0.15) is 17.0 Å². The summed E-state index contributed by atoms with van der Waals surface area (Å²) in [5.41, 5.74) is 3.90. The highest BCUT2D eigenvalue weighted by Gasteiger charge is 2.12. The molecule has 0 atom stereocenters. The monoisotopic (exact) mass is 361 g/mol. The Morgan fingerprint density at radius 1 is 0.962 bits per heavy atom. The molecule has 128 valence electrons.